The van der Waals surface area contributed by atoms with Gasteiger partial charge in [-0.1, -0.05) is 18.2 Å². The lowest BCUT2D eigenvalue weighted by Gasteiger charge is -2.29. The summed E-state index contributed by atoms with van der Waals surface area (Å²) in [5.74, 6) is 0.835. The number of ether oxygens (including phenoxy) is 2. The Labute approximate surface area is 160 Å². The van der Waals surface area contributed by atoms with Crippen molar-refractivity contribution in [2.75, 3.05) is 25.4 Å². The minimum Gasteiger partial charge on any atom is -0.444 e. The molecule has 2 fully saturated rings. The Hall–Kier alpha value is -1.24. The zero-order valence-electron chi connectivity index (χ0n) is 15.9. The molecule has 3 atom stereocenters. The predicted molar refractivity (Wildman–Crippen MR) is 105 cm³/mol. The van der Waals surface area contributed by atoms with E-state index in [0.717, 1.165) is 38.3 Å². The fraction of sp³-hybridized carbons (Fsp3) is 0.650. The number of thioether (sulfide) groups is 1. The summed E-state index contributed by atoms with van der Waals surface area (Å²) in [5, 5.41) is 3.07. The normalized spacial score (nSPS) is 23.8. The molecule has 2 aliphatic heterocycles. The molecule has 1 aromatic rings. The first-order chi connectivity index (χ1) is 12.4. The number of morpholine rings is 1. The van der Waals surface area contributed by atoms with E-state index in [0.29, 0.717) is 12.1 Å². The summed E-state index contributed by atoms with van der Waals surface area (Å²) in [6, 6.07) is 10.9. The molecule has 3 rings (SSSR count). The fourth-order valence-electron chi connectivity index (χ4n) is 3.46. The fourth-order valence-corrected chi connectivity index (χ4v) is 4.45. The number of fused-ring (bicyclic) bond motifs is 2. The number of carbonyl (C=O) groups excluding carboxylic acids is 1. The number of nitrogens with one attached hydrogen (secondary N) is 1. The van der Waals surface area contributed by atoms with Gasteiger partial charge in [-0.05, 0) is 45.7 Å². The van der Waals surface area contributed by atoms with Gasteiger partial charge in [0.1, 0.15) is 5.60 Å². The van der Waals surface area contributed by atoms with Crippen LogP contribution in [0.4, 0.5) is 4.79 Å². The van der Waals surface area contributed by atoms with Crippen LogP contribution in [0, 0.1) is 0 Å². The monoisotopic (exact) mass is 378 g/mol. The van der Waals surface area contributed by atoms with E-state index in [2.05, 4.69) is 22.3 Å². The lowest BCUT2D eigenvalue weighted by Crippen LogP contribution is -2.44. The van der Waals surface area contributed by atoms with E-state index in [4.69, 9.17) is 9.47 Å². The van der Waals surface area contributed by atoms with Crippen molar-refractivity contribution in [3.63, 3.8) is 0 Å². The van der Waals surface area contributed by atoms with E-state index in [-0.39, 0.29) is 12.1 Å². The first-order valence-corrected chi connectivity index (χ1v) is 10.4. The molecule has 0 unspecified atom stereocenters. The van der Waals surface area contributed by atoms with Crippen molar-refractivity contribution in [2.24, 2.45) is 0 Å². The van der Waals surface area contributed by atoms with Gasteiger partial charge >= 0.3 is 6.09 Å². The topological polar surface area (TPSA) is 50.8 Å². The maximum atomic E-state index is 12.2. The Kier molecular flexibility index (Phi) is 6.48. The third-order valence-electron chi connectivity index (χ3n) is 4.69. The number of carbonyl (C=O) groups is 1. The van der Waals surface area contributed by atoms with Crippen molar-refractivity contribution in [2.45, 2.75) is 62.3 Å². The highest BCUT2D eigenvalue weighted by molar-refractivity contribution is 7.99. The maximum absolute atomic E-state index is 12.2. The molecule has 2 heterocycles. The van der Waals surface area contributed by atoms with Gasteiger partial charge in [0, 0.05) is 35.8 Å². The Morgan fingerprint density at radius 2 is 2.15 bits per heavy atom. The molecular formula is C20H30N2O3S. The second kappa shape index (κ2) is 8.63. The molecule has 2 saturated heterocycles. The number of alkyl carbamates (subject to hydrolysis) is 1. The Morgan fingerprint density at radius 1 is 1.38 bits per heavy atom. The zero-order valence-corrected chi connectivity index (χ0v) is 16.8. The molecule has 1 amide bonds. The highest BCUT2D eigenvalue weighted by atomic mass is 32.2. The molecule has 6 heteroatoms. The van der Waals surface area contributed by atoms with Gasteiger partial charge in [0.05, 0.1) is 12.7 Å². The lowest BCUT2D eigenvalue weighted by atomic mass is 10.2. The van der Waals surface area contributed by atoms with Crippen molar-refractivity contribution >= 4 is 17.9 Å². The molecular weight excluding hydrogens is 348 g/mol. The second-order valence-electron chi connectivity index (χ2n) is 8.10. The van der Waals surface area contributed by atoms with E-state index in [1.807, 2.05) is 39.0 Å². The molecule has 0 spiro atoms. The van der Waals surface area contributed by atoms with Crippen LogP contribution in [0.15, 0.2) is 35.2 Å². The number of nitrogens with zero attached hydrogens (tertiary/aromatic N) is 1. The van der Waals surface area contributed by atoms with Crippen molar-refractivity contribution in [1.82, 2.24) is 10.2 Å². The molecule has 0 radical (unpaired) electrons. The van der Waals surface area contributed by atoms with E-state index in [9.17, 15) is 4.79 Å². The zero-order chi connectivity index (χ0) is 18.6. The first-order valence-electron chi connectivity index (χ1n) is 9.42. The molecule has 0 saturated carbocycles. The summed E-state index contributed by atoms with van der Waals surface area (Å²) >= 11 is 1.77. The summed E-state index contributed by atoms with van der Waals surface area (Å²) in [7, 11) is 0. The number of hydrogen-bond donors (Lipinski definition) is 1. The molecule has 0 aromatic heterocycles. The molecule has 144 valence electrons. The van der Waals surface area contributed by atoms with Crippen LogP contribution in [-0.4, -0.2) is 60.2 Å². The van der Waals surface area contributed by atoms with Crippen LogP contribution in [0.5, 0.6) is 0 Å². The van der Waals surface area contributed by atoms with Gasteiger partial charge in [-0.25, -0.2) is 4.79 Å². The summed E-state index contributed by atoms with van der Waals surface area (Å²) in [4.78, 5) is 16.0. The van der Waals surface area contributed by atoms with Gasteiger partial charge in [0.25, 0.3) is 0 Å². The van der Waals surface area contributed by atoms with Crippen LogP contribution in [-0.2, 0) is 9.47 Å². The van der Waals surface area contributed by atoms with Crippen LogP contribution in [0.2, 0.25) is 0 Å². The first kappa shape index (κ1) is 19.5. The van der Waals surface area contributed by atoms with Gasteiger partial charge in [-0.2, -0.15) is 0 Å². The molecule has 26 heavy (non-hydrogen) atoms. The molecule has 1 N–H and O–H groups in total. The third kappa shape index (κ3) is 5.89. The van der Waals surface area contributed by atoms with Crippen LogP contribution >= 0.6 is 11.8 Å². The Balaban J connectivity index is 1.52. The van der Waals surface area contributed by atoms with Gasteiger partial charge in [0.15, 0.2) is 0 Å². The van der Waals surface area contributed by atoms with Gasteiger partial charge in [0.2, 0.25) is 0 Å². The van der Waals surface area contributed by atoms with E-state index in [1.54, 1.807) is 11.8 Å². The predicted octanol–water partition coefficient (Wildman–Crippen LogP) is 3.54. The maximum Gasteiger partial charge on any atom is 0.407 e. The van der Waals surface area contributed by atoms with Crippen LogP contribution in [0.1, 0.15) is 33.6 Å². The summed E-state index contributed by atoms with van der Waals surface area (Å²) in [6.45, 7) is 8.54. The van der Waals surface area contributed by atoms with Gasteiger partial charge < -0.3 is 14.8 Å². The van der Waals surface area contributed by atoms with Gasteiger partial charge in [-0.3, -0.25) is 4.90 Å². The number of benzene rings is 1. The standard InChI is InChI=1S/C20H30N2O3S/c1-20(2,3)25-19(23)21-15(14-26-18-7-5-4-6-8-18)9-10-22-12-17-11-16(22)13-24-17/h4-8,15-17H,9-14H2,1-3H3,(H,21,23)/t15-,16-,17-/m1/s1. The SMILES string of the molecule is CC(C)(C)OC(=O)N[C@H](CCN1C[C@H]2C[C@@H]1CO2)CSc1ccccc1. The highest BCUT2D eigenvalue weighted by Gasteiger charge is 2.38. The molecule has 2 aliphatic rings. The highest BCUT2D eigenvalue weighted by Crippen LogP contribution is 2.28. The largest absolute Gasteiger partial charge is 0.444 e. The minimum atomic E-state index is -0.480. The Bertz CT molecular complexity index is 590. The molecule has 5 nitrogen and oxygen atoms in total. The lowest BCUT2D eigenvalue weighted by molar-refractivity contribution is 0.0283. The molecule has 1 aromatic carbocycles. The summed E-state index contributed by atoms with van der Waals surface area (Å²) in [6.07, 6.45) is 2.16. The van der Waals surface area contributed by atoms with Crippen molar-refractivity contribution in [1.29, 1.82) is 0 Å². The van der Waals surface area contributed by atoms with Crippen molar-refractivity contribution in [3.05, 3.63) is 30.3 Å². The third-order valence-corrected chi connectivity index (χ3v) is 5.87. The van der Waals surface area contributed by atoms with E-state index in [1.165, 1.54) is 4.90 Å². The van der Waals surface area contributed by atoms with Gasteiger partial charge in [-0.15, -0.1) is 11.8 Å². The number of rotatable bonds is 7. The molecule has 2 bridgehead atoms. The second-order valence-corrected chi connectivity index (χ2v) is 9.19. The van der Waals surface area contributed by atoms with Crippen molar-refractivity contribution < 1.29 is 14.3 Å². The van der Waals surface area contributed by atoms with Crippen molar-refractivity contribution in [3.8, 4) is 0 Å². The smallest absolute Gasteiger partial charge is 0.407 e. The quantitative estimate of drug-likeness (QED) is 0.736. The van der Waals surface area contributed by atoms with E-state index < -0.39 is 5.60 Å². The van der Waals surface area contributed by atoms with Crippen LogP contribution < -0.4 is 5.32 Å². The number of likely N-dealkylation sites (tertiary alicyclic amines) is 1. The number of amides is 1. The molecule has 0 aliphatic carbocycles. The Morgan fingerprint density at radius 3 is 2.77 bits per heavy atom. The van der Waals surface area contributed by atoms with E-state index >= 15 is 0 Å². The summed E-state index contributed by atoms with van der Waals surface area (Å²) in [5.41, 5.74) is -0.480. The minimum absolute atomic E-state index is 0.0788. The summed E-state index contributed by atoms with van der Waals surface area (Å²) < 4.78 is 11.1. The average molecular weight is 379 g/mol. The van der Waals surface area contributed by atoms with Crippen LogP contribution in [0.25, 0.3) is 0 Å². The van der Waals surface area contributed by atoms with Crippen LogP contribution in [0.3, 0.4) is 0 Å². The number of hydrogen-bond acceptors (Lipinski definition) is 5. The average Bonchev–Trinajstić information content (AvgIpc) is 3.19.